The summed E-state index contributed by atoms with van der Waals surface area (Å²) in [7, 11) is 0. The highest BCUT2D eigenvalue weighted by molar-refractivity contribution is 5.77. The Labute approximate surface area is 152 Å². The van der Waals surface area contributed by atoms with E-state index in [1.54, 1.807) is 4.90 Å². The lowest BCUT2D eigenvalue weighted by Crippen LogP contribution is -2.31. The van der Waals surface area contributed by atoms with Crippen LogP contribution in [0.15, 0.2) is 28.8 Å². The minimum Gasteiger partial charge on any atom is -0.342 e. The van der Waals surface area contributed by atoms with E-state index in [0.29, 0.717) is 43.6 Å². The second-order valence-electron chi connectivity index (χ2n) is 6.81. The number of aryl methyl sites for hydroxylation is 1. The van der Waals surface area contributed by atoms with E-state index in [1.165, 1.54) is 0 Å². The molecule has 0 spiro atoms. The molecule has 2 aromatic heterocycles. The first-order chi connectivity index (χ1) is 12.5. The zero-order chi connectivity index (χ0) is 18.5. The molecule has 7 heteroatoms. The van der Waals surface area contributed by atoms with E-state index >= 15 is 0 Å². The molecule has 0 aliphatic carbocycles. The number of carbonyl (C=O) groups excluding carboxylic acids is 1. The van der Waals surface area contributed by atoms with E-state index in [1.807, 2.05) is 31.2 Å². The van der Waals surface area contributed by atoms with Gasteiger partial charge >= 0.3 is 0 Å². The Hall–Kier alpha value is -2.70. The van der Waals surface area contributed by atoms with Crippen molar-refractivity contribution in [1.29, 1.82) is 0 Å². The predicted octanol–water partition coefficient (Wildman–Crippen LogP) is 3.13. The van der Waals surface area contributed by atoms with Gasteiger partial charge in [-0.25, -0.2) is 4.98 Å². The molecule has 7 nitrogen and oxygen atoms in total. The highest BCUT2D eigenvalue weighted by atomic mass is 16.5. The molecule has 0 fully saturated rings. The summed E-state index contributed by atoms with van der Waals surface area (Å²) in [6.07, 6.45) is 1.72. The number of imidazole rings is 1. The quantitative estimate of drug-likeness (QED) is 0.671. The Morgan fingerprint density at radius 2 is 2.08 bits per heavy atom. The second-order valence-corrected chi connectivity index (χ2v) is 6.81. The second kappa shape index (κ2) is 8.12. The van der Waals surface area contributed by atoms with Gasteiger partial charge in [0.2, 0.25) is 11.8 Å². The standard InChI is InChI=1S/C19H25N5O2/c1-4-24(12-17-22-18(26-23-17)11-13(2)3)19(25)10-9-16-20-14-7-5-6-8-15(14)21-16/h5-8,13H,4,9-12H2,1-3H3,(H,20,21). The lowest BCUT2D eigenvalue weighted by Gasteiger charge is -2.18. The van der Waals surface area contributed by atoms with Crippen LogP contribution in [-0.4, -0.2) is 37.5 Å². The normalized spacial score (nSPS) is 11.4. The highest BCUT2D eigenvalue weighted by Crippen LogP contribution is 2.13. The minimum atomic E-state index is 0.0585. The summed E-state index contributed by atoms with van der Waals surface area (Å²) in [5.74, 6) is 2.52. The summed E-state index contributed by atoms with van der Waals surface area (Å²) in [6, 6.07) is 7.86. The summed E-state index contributed by atoms with van der Waals surface area (Å²) in [5.41, 5.74) is 1.92. The minimum absolute atomic E-state index is 0.0585. The molecule has 1 aromatic carbocycles. The molecule has 1 amide bonds. The number of rotatable bonds is 8. The average Bonchev–Trinajstić information content (AvgIpc) is 3.23. The van der Waals surface area contributed by atoms with Crippen molar-refractivity contribution in [3.05, 3.63) is 41.8 Å². The van der Waals surface area contributed by atoms with Crippen molar-refractivity contribution < 1.29 is 9.32 Å². The van der Waals surface area contributed by atoms with Gasteiger partial charge in [0.1, 0.15) is 5.82 Å². The Kier molecular flexibility index (Phi) is 5.65. The van der Waals surface area contributed by atoms with Crippen LogP contribution in [0.5, 0.6) is 0 Å². The Morgan fingerprint density at radius 3 is 2.81 bits per heavy atom. The summed E-state index contributed by atoms with van der Waals surface area (Å²) in [5, 5.41) is 3.99. The molecule has 0 aliphatic rings. The van der Waals surface area contributed by atoms with Crippen LogP contribution in [-0.2, 0) is 24.2 Å². The molecule has 3 rings (SSSR count). The van der Waals surface area contributed by atoms with E-state index in [2.05, 4.69) is 34.0 Å². The van der Waals surface area contributed by atoms with E-state index < -0.39 is 0 Å². The van der Waals surface area contributed by atoms with Crippen molar-refractivity contribution in [2.24, 2.45) is 5.92 Å². The van der Waals surface area contributed by atoms with Crippen LogP contribution in [0.4, 0.5) is 0 Å². The van der Waals surface area contributed by atoms with Gasteiger partial charge in [0.15, 0.2) is 5.82 Å². The molecule has 2 heterocycles. The molecule has 0 unspecified atom stereocenters. The number of benzene rings is 1. The molecule has 0 saturated heterocycles. The first kappa shape index (κ1) is 18.1. The van der Waals surface area contributed by atoms with Gasteiger partial charge < -0.3 is 14.4 Å². The number of nitrogens with one attached hydrogen (secondary N) is 1. The Bertz CT molecular complexity index is 835. The van der Waals surface area contributed by atoms with E-state index in [0.717, 1.165) is 23.3 Å². The van der Waals surface area contributed by atoms with Crippen LogP contribution >= 0.6 is 0 Å². The first-order valence-corrected chi connectivity index (χ1v) is 9.08. The zero-order valence-corrected chi connectivity index (χ0v) is 15.5. The van der Waals surface area contributed by atoms with Gasteiger partial charge in [-0.05, 0) is 25.0 Å². The Morgan fingerprint density at radius 1 is 1.27 bits per heavy atom. The van der Waals surface area contributed by atoms with Gasteiger partial charge in [-0.15, -0.1) is 0 Å². The molecule has 1 N–H and O–H groups in total. The molecule has 0 atom stereocenters. The molecule has 3 aromatic rings. The topological polar surface area (TPSA) is 87.9 Å². The van der Waals surface area contributed by atoms with E-state index in [4.69, 9.17) is 4.52 Å². The molecular weight excluding hydrogens is 330 g/mol. The number of para-hydroxylation sites is 2. The fourth-order valence-electron chi connectivity index (χ4n) is 2.84. The van der Waals surface area contributed by atoms with Crippen LogP contribution < -0.4 is 0 Å². The maximum atomic E-state index is 12.5. The first-order valence-electron chi connectivity index (χ1n) is 9.08. The van der Waals surface area contributed by atoms with Gasteiger partial charge in [0.25, 0.3) is 0 Å². The van der Waals surface area contributed by atoms with E-state index in [-0.39, 0.29) is 5.91 Å². The largest absolute Gasteiger partial charge is 0.342 e. The number of H-pyrrole nitrogens is 1. The highest BCUT2D eigenvalue weighted by Gasteiger charge is 2.17. The number of hydrogen-bond acceptors (Lipinski definition) is 5. The predicted molar refractivity (Wildman–Crippen MR) is 98.3 cm³/mol. The van der Waals surface area contributed by atoms with Gasteiger partial charge in [0.05, 0.1) is 17.6 Å². The lowest BCUT2D eigenvalue weighted by atomic mass is 10.1. The number of hydrogen-bond donors (Lipinski definition) is 1. The van der Waals surface area contributed by atoms with Crippen molar-refractivity contribution in [3.63, 3.8) is 0 Å². The van der Waals surface area contributed by atoms with Crippen molar-refractivity contribution in [2.75, 3.05) is 6.54 Å². The Balaban J connectivity index is 1.57. The van der Waals surface area contributed by atoms with Crippen molar-refractivity contribution in [1.82, 2.24) is 25.0 Å². The monoisotopic (exact) mass is 355 g/mol. The van der Waals surface area contributed by atoms with Gasteiger partial charge in [0, 0.05) is 25.8 Å². The van der Waals surface area contributed by atoms with Crippen LogP contribution in [0, 0.1) is 5.92 Å². The molecular formula is C19H25N5O2. The fourth-order valence-corrected chi connectivity index (χ4v) is 2.84. The molecule has 0 saturated carbocycles. The van der Waals surface area contributed by atoms with Gasteiger partial charge in [-0.2, -0.15) is 4.98 Å². The zero-order valence-electron chi connectivity index (χ0n) is 15.5. The number of carbonyl (C=O) groups is 1. The SMILES string of the molecule is CCN(Cc1noc(CC(C)C)n1)C(=O)CCc1nc2ccccc2[nH]1. The summed E-state index contributed by atoms with van der Waals surface area (Å²) in [6.45, 7) is 7.13. The van der Waals surface area contributed by atoms with Crippen molar-refractivity contribution in [2.45, 2.75) is 46.6 Å². The molecule has 0 aliphatic heterocycles. The number of aromatic nitrogens is 4. The molecule has 0 bridgehead atoms. The summed E-state index contributed by atoms with van der Waals surface area (Å²) in [4.78, 5) is 26.4. The number of nitrogens with zero attached hydrogens (tertiary/aromatic N) is 4. The lowest BCUT2D eigenvalue weighted by molar-refractivity contribution is -0.131. The van der Waals surface area contributed by atoms with Crippen LogP contribution in [0.25, 0.3) is 11.0 Å². The fraction of sp³-hybridized carbons (Fsp3) is 0.474. The van der Waals surface area contributed by atoms with Gasteiger partial charge in [-0.1, -0.05) is 31.1 Å². The third kappa shape index (κ3) is 4.47. The number of amides is 1. The van der Waals surface area contributed by atoms with Crippen LogP contribution in [0.1, 0.15) is 44.7 Å². The third-order valence-electron chi connectivity index (χ3n) is 4.17. The summed E-state index contributed by atoms with van der Waals surface area (Å²) < 4.78 is 5.25. The third-order valence-corrected chi connectivity index (χ3v) is 4.17. The molecule has 26 heavy (non-hydrogen) atoms. The molecule has 0 radical (unpaired) electrons. The van der Waals surface area contributed by atoms with E-state index in [9.17, 15) is 4.79 Å². The van der Waals surface area contributed by atoms with Gasteiger partial charge in [-0.3, -0.25) is 4.79 Å². The van der Waals surface area contributed by atoms with Crippen molar-refractivity contribution >= 4 is 16.9 Å². The smallest absolute Gasteiger partial charge is 0.226 e. The molecule has 138 valence electrons. The van der Waals surface area contributed by atoms with Crippen LogP contribution in [0.3, 0.4) is 0 Å². The van der Waals surface area contributed by atoms with Crippen molar-refractivity contribution in [3.8, 4) is 0 Å². The number of fused-ring (bicyclic) bond motifs is 1. The maximum absolute atomic E-state index is 12.5. The average molecular weight is 355 g/mol. The maximum Gasteiger partial charge on any atom is 0.226 e. The van der Waals surface area contributed by atoms with Crippen LogP contribution in [0.2, 0.25) is 0 Å². The summed E-state index contributed by atoms with van der Waals surface area (Å²) >= 11 is 0. The number of aromatic amines is 1.